The van der Waals surface area contributed by atoms with Crippen LogP contribution in [0, 0.1) is 0 Å². The Morgan fingerprint density at radius 3 is 3.13 bits per heavy atom. The average Bonchev–Trinajstić information content (AvgIpc) is 2.91. The zero-order valence-corrected chi connectivity index (χ0v) is 8.62. The second-order valence-corrected chi connectivity index (χ2v) is 3.83. The Morgan fingerprint density at radius 2 is 2.47 bits per heavy atom. The summed E-state index contributed by atoms with van der Waals surface area (Å²) in [7, 11) is 0. The van der Waals surface area contributed by atoms with E-state index >= 15 is 0 Å². The highest BCUT2D eigenvalue weighted by Crippen LogP contribution is 2.18. The number of nitrogens with zero attached hydrogens (tertiary/aromatic N) is 1. The van der Waals surface area contributed by atoms with E-state index < -0.39 is 0 Å². The van der Waals surface area contributed by atoms with Gasteiger partial charge in [-0.15, -0.1) is 0 Å². The van der Waals surface area contributed by atoms with Gasteiger partial charge in [0.05, 0.1) is 18.6 Å². The number of amides is 1. The minimum Gasteiger partial charge on any atom is -0.350 e. The molecule has 1 fully saturated rings. The zero-order valence-electron chi connectivity index (χ0n) is 8.62. The molecule has 0 bridgehead atoms. The van der Waals surface area contributed by atoms with Gasteiger partial charge in [-0.3, -0.25) is 4.79 Å². The number of carbonyl (C=O) groups is 1. The summed E-state index contributed by atoms with van der Waals surface area (Å²) in [5.74, 6) is 0.0813. The molecule has 1 amide bonds. The summed E-state index contributed by atoms with van der Waals surface area (Å²) < 4.78 is 0. The van der Waals surface area contributed by atoms with Crippen LogP contribution in [0.15, 0.2) is 12.5 Å². The molecule has 1 aromatic heterocycles. The van der Waals surface area contributed by atoms with Gasteiger partial charge in [0.25, 0.3) is 0 Å². The Labute approximate surface area is 88.7 Å². The summed E-state index contributed by atoms with van der Waals surface area (Å²) in [6.07, 6.45) is 6.38. The molecule has 1 heterocycles. The largest absolute Gasteiger partial charge is 0.350 e. The number of hydrogen-bond donors (Lipinski definition) is 3. The van der Waals surface area contributed by atoms with Crippen LogP contribution < -0.4 is 10.6 Å². The summed E-state index contributed by atoms with van der Waals surface area (Å²) in [5.41, 5.74) is 0.929. The van der Waals surface area contributed by atoms with E-state index in [2.05, 4.69) is 20.6 Å². The van der Waals surface area contributed by atoms with Crippen molar-refractivity contribution in [3.05, 3.63) is 18.2 Å². The summed E-state index contributed by atoms with van der Waals surface area (Å²) in [4.78, 5) is 18.2. The topological polar surface area (TPSA) is 69.8 Å². The van der Waals surface area contributed by atoms with E-state index in [0.29, 0.717) is 19.0 Å². The first-order chi connectivity index (χ1) is 7.34. The van der Waals surface area contributed by atoms with E-state index in [0.717, 1.165) is 12.2 Å². The third kappa shape index (κ3) is 3.71. The van der Waals surface area contributed by atoms with Crippen LogP contribution in [0.25, 0.3) is 0 Å². The smallest absolute Gasteiger partial charge is 0.221 e. The predicted molar refractivity (Wildman–Crippen MR) is 56.1 cm³/mol. The van der Waals surface area contributed by atoms with Gasteiger partial charge >= 0.3 is 0 Å². The summed E-state index contributed by atoms with van der Waals surface area (Å²) in [5, 5.41) is 6.13. The molecule has 0 unspecified atom stereocenters. The van der Waals surface area contributed by atoms with Gasteiger partial charge in [-0.1, -0.05) is 0 Å². The van der Waals surface area contributed by atoms with Crippen molar-refractivity contribution in [2.75, 3.05) is 6.54 Å². The molecule has 15 heavy (non-hydrogen) atoms. The van der Waals surface area contributed by atoms with Gasteiger partial charge < -0.3 is 15.6 Å². The molecule has 1 aliphatic rings. The van der Waals surface area contributed by atoms with E-state index in [1.807, 2.05) is 0 Å². The van der Waals surface area contributed by atoms with Crippen molar-refractivity contribution in [3.63, 3.8) is 0 Å². The highest BCUT2D eigenvalue weighted by Gasteiger charge is 2.19. The standard InChI is InChI=1S/C10H16N4O/c15-10(3-4-12-8-1-2-8)13-6-9-5-11-7-14-9/h5,7-8,12H,1-4,6H2,(H,11,14)(H,13,15). The molecule has 5 heteroatoms. The molecule has 0 aromatic carbocycles. The van der Waals surface area contributed by atoms with E-state index in [4.69, 9.17) is 0 Å². The molecule has 1 aromatic rings. The number of rotatable bonds is 6. The van der Waals surface area contributed by atoms with Gasteiger partial charge in [-0.05, 0) is 12.8 Å². The maximum Gasteiger partial charge on any atom is 0.221 e. The predicted octanol–water partition coefficient (Wildman–Crippen LogP) is 0.168. The van der Waals surface area contributed by atoms with Gasteiger partial charge in [0.15, 0.2) is 0 Å². The highest BCUT2D eigenvalue weighted by atomic mass is 16.1. The molecular weight excluding hydrogens is 192 g/mol. The lowest BCUT2D eigenvalue weighted by Crippen LogP contribution is -2.28. The third-order valence-electron chi connectivity index (χ3n) is 2.39. The Morgan fingerprint density at radius 1 is 1.60 bits per heavy atom. The van der Waals surface area contributed by atoms with Crippen molar-refractivity contribution in [2.24, 2.45) is 0 Å². The summed E-state index contributed by atoms with van der Waals surface area (Å²) >= 11 is 0. The monoisotopic (exact) mass is 208 g/mol. The minimum absolute atomic E-state index is 0.0813. The molecule has 1 saturated carbocycles. The Kier molecular flexibility index (Phi) is 3.34. The van der Waals surface area contributed by atoms with Crippen molar-refractivity contribution >= 4 is 5.91 Å². The van der Waals surface area contributed by atoms with Crippen molar-refractivity contribution < 1.29 is 4.79 Å². The van der Waals surface area contributed by atoms with Crippen LogP contribution in [0.3, 0.4) is 0 Å². The van der Waals surface area contributed by atoms with Crippen molar-refractivity contribution in [3.8, 4) is 0 Å². The number of imidazole rings is 1. The number of hydrogen-bond acceptors (Lipinski definition) is 3. The minimum atomic E-state index is 0.0813. The Hall–Kier alpha value is -1.36. The zero-order chi connectivity index (χ0) is 10.5. The van der Waals surface area contributed by atoms with Crippen LogP contribution in [0.4, 0.5) is 0 Å². The van der Waals surface area contributed by atoms with E-state index in [-0.39, 0.29) is 5.91 Å². The van der Waals surface area contributed by atoms with E-state index in [1.165, 1.54) is 12.8 Å². The number of aromatic nitrogens is 2. The molecule has 3 N–H and O–H groups in total. The number of H-pyrrole nitrogens is 1. The van der Waals surface area contributed by atoms with Crippen LogP contribution in [0.2, 0.25) is 0 Å². The molecule has 0 radical (unpaired) electrons. The quantitative estimate of drug-likeness (QED) is 0.624. The van der Waals surface area contributed by atoms with Crippen molar-refractivity contribution in [1.29, 1.82) is 0 Å². The Bertz CT molecular complexity index is 305. The fourth-order valence-corrected chi connectivity index (χ4v) is 1.34. The van der Waals surface area contributed by atoms with Gasteiger partial charge in [-0.25, -0.2) is 4.98 Å². The van der Waals surface area contributed by atoms with Crippen LogP contribution in [-0.4, -0.2) is 28.5 Å². The number of nitrogens with one attached hydrogen (secondary N) is 3. The maximum absolute atomic E-state index is 11.4. The summed E-state index contributed by atoms with van der Waals surface area (Å²) in [6.45, 7) is 1.31. The Balaban J connectivity index is 1.55. The molecule has 0 spiro atoms. The maximum atomic E-state index is 11.4. The normalized spacial score (nSPS) is 15.2. The molecule has 82 valence electrons. The molecule has 5 nitrogen and oxygen atoms in total. The van der Waals surface area contributed by atoms with Crippen molar-refractivity contribution in [2.45, 2.75) is 31.8 Å². The van der Waals surface area contributed by atoms with Crippen molar-refractivity contribution in [1.82, 2.24) is 20.6 Å². The first-order valence-electron chi connectivity index (χ1n) is 5.32. The molecule has 2 rings (SSSR count). The molecule has 0 saturated heterocycles. The summed E-state index contributed by atoms with van der Waals surface area (Å²) in [6, 6.07) is 0.672. The fraction of sp³-hybridized carbons (Fsp3) is 0.600. The van der Waals surface area contributed by atoms with Gasteiger partial charge in [0, 0.05) is 25.2 Å². The molecule has 0 aliphatic heterocycles. The average molecular weight is 208 g/mol. The van der Waals surface area contributed by atoms with Gasteiger partial charge in [-0.2, -0.15) is 0 Å². The second-order valence-electron chi connectivity index (χ2n) is 3.83. The van der Waals surface area contributed by atoms with E-state index in [1.54, 1.807) is 12.5 Å². The first-order valence-corrected chi connectivity index (χ1v) is 5.32. The fourth-order valence-electron chi connectivity index (χ4n) is 1.34. The third-order valence-corrected chi connectivity index (χ3v) is 2.39. The highest BCUT2D eigenvalue weighted by molar-refractivity contribution is 5.75. The number of carbonyl (C=O) groups excluding carboxylic acids is 1. The van der Waals surface area contributed by atoms with Crippen LogP contribution >= 0.6 is 0 Å². The number of aromatic amines is 1. The van der Waals surface area contributed by atoms with Crippen LogP contribution in [0.1, 0.15) is 25.0 Å². The first kappa shape index (κ1) is 10.2. The molecule has 1 aliphatic carbocycles. The van der Waals surface area contributed by atoms with Gasteiger partial charge in [0.1, 0.15) is 0 Å². The SMILES string of the molecule is O=C(CCNC1CC1)NCc1cnc[nH]1. The van der Waals surface area contributed by atoms with Crippen LogP contribution in [-0.2, 0) is 11.3 Å². The van der Waals surface area contributed by atoms with Gasteiger partial charge in [0.2, 0.25) is 5.91 Å². The lowest BCUT2D eigenvalue weighted by atomic mass is 10.3. The molecule has 0 atom stereocenters. The second kappa shape index (κ2) is 4.93. The molecular formula is C10H16N4O. The lowest BCUT2D eigenvalue weighted by Gasteiger charge is -2.04. The van der Waals surface area contributed by atoms with Crippen LogP contribution in [0.5, 0.6) is 0 Å². The lowest BCUT2D eigenvalue weighted by molar-refractivity contribution is -0.121. The van der Waals surface area contributed by atoms with E-state index in [9.17, 15) is 4.79 Å².